The van der Waals surface area contributed by atoms with E-state index in [4.69, 9.17) is 5.41 Å². The minimum absolute atomic E-state index is 0.162. The highest BCUT2D eigenvalue weighted by Crippen LogP contribution is 1.92. The first-order chi connectivity index (χ1) is 4.13. The molecule has 0 aromatic carbocycles. The van der Waals surface area contributed by atoms with Crippen LogP contribution in [0.3, 0.4) is 0 Å². The molecule has 48 valence electrons. The molecule has 0 aromatic heterocycles. The highest BCUT2D eigenvalue weighted by Gasteiger charge is 2.30. The predicted octanol–water partition coefficient (Wildman–Crippen LogP) is -1.49. The zero-order chi connectivity index (χ0) is 7.02. The number of carbonyl (C=O) groups is 2. The zero-order valence-electron chi connectivity index (χ0n) is 4.76. The molecule has 5 nitrogen and oxygen atoms in total. The number of nitrogens with zero attached hydrogens (tertiary/aromatic N) is 1. The standard InChI is InChI=1S/C4H5N3O2/c1-7-3(9)2(8)6-4(7)5/h1H3,(H2,5,6,8). The molecular formula is C4H5N3O2. The molecule has 0 saturated carbocycles. The van der Waals surface area contributed by atoms with Crippen molar-refractivity contribution >= 4 is 17.8 Å². The summed E-state index contributed by atoms with van der Waals surface area (Å²) in [6.07, 6.45) is 0. The van der Waals surface area contributed by atoms with Crippen LogP contribution in [0.25, 0.3) is 0 Å². The van der Waals surface area contributed by atoms with Gasteiger partial charge in [-0.3, -0.25) is 25.2 Å². The molecule has 5 heteroatoms. The summed E-state index contributed by atoms with van der Waals surface area (Å²) in [5.41, 5.74) is 0. The summed E-state index contributed by atoms with van der Waals surface area (Å²) in [4.78, 5) is 21.8. The molecule has 0 atom stereocenters. The largest absolute Gasteiger partial charge is 0.318 e. The summed E-state index contributed by atoms with van der Waals surface area (Å²) in [5, 5.41) is 8.93. The molecule has 2 N–H and O–H groups in total. The van der Waals surface area contributed by atoms with Gasteiger partial charge in [-0.2, -0.15) is 0 Å². The van der Waals surface area contributed by atoms with Crippen molar-refractivity contribution in [2.75, 3.05) is 7.05 Å². The van der Waals surface area contributed by atoms with Crippen molar-refractivity contribution in [1.29, 1.82) is 5.41 Å². The molecule has 1 aliphatic heterocycles. The Kier molecular flexibility index (Phi) is 0.985. The van der Waals surface area contributed by atoms with Crippen molar-refractivity contribution in [3.8, 4) is 0 Å². The van der Waals surface area contributed by atoms with Gasteiger partial charge in [-0.05, 0) is 0 Å². The van der Waals surface area contributed by atoms with Crippen LogP contribution in [0, 0.1) is 5.41 Å². The number of rotatable bonds is 0. The van der Waals surface area contributed by atoms with Gasteiger partial charge >= 0.3 is 11.8 Å². The lowest BCUT2D eigenvalue weighted by molar-refractivity contribution is -0.139. The molecule has 0 unspecified atom stereocenters. The molecule has 0 radical (unpaired) electrons. The zero-order valence-corrected chi connectivity index (χ0v) is 4.76. The number of amides is 2. The fourth-order valence-corrected chi connectivity index (χ4v) is 0.499. The molecule has 1 rings (SSSR count). The van der Waals surface area contributed by atoms with E-state index in [0.717, 1.165) is 4.90 Å². The maximum Gasteiger partial charge on any atom is 0.318 e. The second kappa shape index (κ2) is 1.54. The van der Waals surface area contributed by atoms with E-state index in [0.29, 0.717) is 0 Å². The Bertz CT molecular complexity index is 198. The van der Waals surface area contributed by atoms with Crippen molar-refractivity contribution in [1.82, 2.24) is 10.2 Å². The van der Waals surface area contributed by atoms with Crippen molar-refractivity contribution in [3.63, 3.8) is 0 Å². The van der Waals surface area contributed by atoms with Crippen molar-refractivity contribution in [2.45, 2.75) is 0 Å². The van der Waals surface area contributed by atoms with E-state index < -0.39 is 11.8 Å². The smallest absolute Gasteiger partial charge is 0.288 e. The Hall–Kier alpha value is -1.39. The minimum Gasteiger partial charge on any atom is -0.288 e. The Labute approximate surface area is 51.1 Å². The molecule has 9 heavy (non-hydrogen) atoms. The van der Waals surface area contributed by atoms with Crippen LogP contribution in [0.2, 0.25) is 0 Å². The highest BCUT2D eigenvalue weighted by atomic mass is 16.2. The van der Waals surface area contributed by atoms with Gasteiger partial charge in [-0.25, -0.2) is 0 Å². The SMILES string of the molecule is CN1C(=N)NC(=O)C1=O. The number of likely N-dealkylation sites (N-methyl/N-ethyl adjacent to an activating group) is 1. The van der Waals surface area contributed by atoms with Crippen LogP contribution < -0.4 is 5.32 Å². The van der Waals surface area contributed by atoms with Crippen LogP contribution in [-0.2, 0) is 9.59 Å². The Morgan fingerprint density at radius 3 is 2.22 bits per heavy atom. The maximum absolute atomic E-state index is 10.5. The molecule has 0 bridgehead atoms. The first-order valence-electron chi connectivity index (χ1n) is 2.30. The van der Waals surface area contributed by atoms with Gasteiger partial charge in [-0.15, -0.1) is 0 Å². The monoisotopic (exact) mass is 127 g/mol. The molecule has 0 spiro atoms. The van der Waals surface area contributed by atoms with Gasteiger partial charge in [0.25, 0.3) is 0 Å². The van der Waals surface area contributed by atoms with Gasteiger partial charge < -0.3 is 0 Å². The van der Waals surface area contributed by atoms with E-state index in [2.05, 4.69) is 0 Å². The summed E-state index contributed by atoms with van der Waals surface area (Å²) in [5.74, 6) is -1.58. The van der Waals surface area contributed by atoms with E-state index >= 15 is 0 Å². The summed E-state index contributed by atoms with van der Waals surface area (Å²) < 4.78 is 0. The first-order valence-corrected chi connectivity index (χ1v) is 2.30. The number of hydrogen-bond donors (Lipinski definition) is 2. The van der Waals surface area contributed by atoms with Crippen molar-refractivity contribution in [2.24, 2.45) is 0 Å². The predicted molar refractivity (Wildman–Crippen MR) is 28.6 cm³/mol. The lowest BCUT2D eigenvalue weighted by Gasteiger charge is -2.01. The topological polar surface area (TPSA) is 73.3 Å². The molecule has 1 heterocycles. The quantitative estimate of drug-likeness (QED) is 0.389. The third-order valence-corrected chi connectivity index (χ3v) is 1.07. The third kappa shape index (κ3) is 0.658. The Morgan fingerprint density at radius 2 is 2.11 bits per heavy atom. The molecular weight excluding hydrogens is 122 g/mol. The van der Waals surface area contributed by atoms with E-state index in [1.165, 1.54) is 7.05 Å². The highest BCUT2D eigenvalue weighted by molar-refractivity contribution is 6.44. The van der Waals surface area contributed by atoms with Crippen LogP contribution in [-0.4, -0.2) is 29.7 Å². The van der Waals surface area contributed by atoms with Gasteiger partial charge in [-0.1, -0.05) is 0 Å². The average Bonchev–Trinajstić information content (AvgIpc) is 1.98. The first kappa shape index (κ1) is 5.74. The lowest BCUT2D eigenvalue weighted by Crippen LogP contribution is -2.26. The van der Waals surface area contributed by atoms with Gasteiger partial charge in [0.1, 0.15) is 0 Å². The fraction of sp³-hybridized carbons (Fsp3) is 0.250. The van der Waals surface area contributed by atoms with E-state index in [-0.39, 0.29) is 5.96 Å². The molecule has 1 saturated heterocycles. The summed E-state index contributed by atoms with van der Waals surface area (Å²) >= 11 is 0. The molecule has 2 amide bonds. The Morgan fingerprint density at radius 1 is 1.56 bits per heavy atom. The minimum atomic E-state index is -0.734. The number of nitrogens with one attached hydrogen (secondary N) is 2. The number of guanidine groups is 1. The average molecular weight is 127 g/mol. The molecule has 1 fully saturated rings. The maximum atomic E-state index is 10.5. The van der Waals surface area contributed by atoms with Crippen LogP contribution in [0.15, 0.2) is 0 Å². The lowest BCUT2D eigenvalue weighted by atomic mass is 10.6. The van der Waals surface area contributed by atoms with Crippen LogP contribution in [0.5, 0.6) is 0 Å². The second-order valence-corrected chi connectivity index (χ2v) is 1.67. The van der Waals surface area contributed by atoms with Gasteiger partial charge in [0.15, 0.2) is 0 Å². The summed E-state index contributed by atoms with van der Waals surface area (Å²) in [6.45, 7) is 0. The summed E-state index contributed by atoms with van der Waals surface area (Å²) in [7, 11) is 1.36. The van der Waals surface area contributed by atoms with Crippen molar-refractivity contribution in [3.05, 3.63) is 0 Å². The molecule has 1 aliphatic rings. The second-order valence-electron chi connectivity index (χ2n) is 1.67. The molecule has 0 aliphatic carbocycles. The van der Waals surface area contributed by atoms with Gasteiger partial charge in [0, 0.05) is 7.05 Å². The van der Waals surface area contributed by atoms with Crippen LogP contribution in [0.1, 0.15) is 0 Å². The van der Waals surface area contributed by atoms with E-state index in [1.54, 1.807) is 0 Å². The van der Waals surface area contributed by atoms with Crippen molar-refractivity contribution < 1.29 is 9.59 Å². The number of hydrogen-bond acceptors (Lipinski definition) is 3. The van der Waals surface area contributed by atoms with E-state index in [1.807, 2.05) is 5.32 Å². The Balaban J connectivity index is 2.90. The van der Waals surface area contributed by atoms with E-state index in [9.17, 15) is 9.59 Å². The normalized spacial score (nSPS) is 18.8. The molecule has 0 aromatic rings. The van der Waals surface area contributed by atoms with Gasteiger partial charge in [0.2, 0.25) is 5.96 Å². The fourth-order valence-electron chi connectivity index (χ4n) is 0.499. The van der Waals surface area contributed by atoms with Crippen LogP contribution in [0.4, 0.5) is 0 Å². The third-order valence-electron chi connectivity index (χ3n) is 1.07. The number of carbonyl (C=O) groups excluding carboxylic acids is 2. The van der Waals surface area contributed by atoms with Gasteiger partial charge in [0.05, 0.1) is 0 Å². The summed E-state index contributed by atoms with van der Waals surface area (Å²) in [6, 6.07) is 0. The van der Waals surface area contributed by atoms with Crippen LogP contribution >= 0.6 is 0 Å².